The number of amides is 1. The monoisotopic (exact) mass is 336 g/mol. The smallest absolute Gasteiger partial charge is 0.243 e. The number of carbonyl (C=O) groups excluding carboxylic acids is 1. The summed E-state index contributed by atoms with van der Waals surface area (Å²) in [6.07, 6.45) is 5.54. The van der Waals surface area contributed by atoms with E-state index in [-0.39, 0.29) is 10.8 Å². The summed E-state index contributed by atoms with van der Waals surface area (Å²) in [5.74, 6) is -0.0103. The standard InChI is InChI=1S/C17H24N2O3S/c20-17(18-12-6-2-7-13-18)16-11-5-8-14-19(16)23(21,22)15-9-3-1-4-10-15/h1,3-4,9-10,16H,2,5-8,11-14H2/t16-/m1/s1. The van der Waals surface area contributed by atoms with Crippen LogP contribution in [0.1, 0.15) is 38.5 Å². The summed E-state index contributed by atoms with van der Waals surface area (Å²) < 4.78 is 27.3. The first-order valence-electron chi connectivity index (χ1n) is 8.46. The molecule has 126 valence electrons. The number of rotatable bonds is 3. The van der Waals surface area contributed by atoms with Gasteiger partial charge in [-0.05, 0) is 44.2 Å². The number of likely N-dealkylation sites (tertiary alicyclic amines) is 1. The molecule has 2 aliphatic rings. The highest BCUT2D eigenvalue weighted by Crippen LogP contribution is 2.27. The van der Waals surface area contributed by atoms with Crippen LogP contribution in [0.15, 0.2) is 35.2 Å². The Kier molecular flexibility index (Phi) is 5.02. The van der Waals surface area contributed by atoms with Gasteiger partial charge in [-0.15, -0.1) is 0 Å². The van der Waals surface area contributed by atoms with E-state index in [1.165, 1.54) is 4.31 Å². The lowest BCUT2D eigenvalue weighted by Gasteiger charge is -2.38. The molecule has 1 amide bonds. The lowest BCUT2D eigenvalue weighted by atomic mass is 10.0. The fraction of sp³-hybridized carbons (Fsp3) is 0.588. The van der Waals surface area contributed by atoms with Crippen LogP contribution in [0.25, 0.3) is 0 Å². The Morgan fingerprint density at radius 1 is 0.913 bits per heavy atom. The van der Waals surface area contributed by atoms with Crippen molar-refractivity contribution in [2.75, 3.05) is 19.6 Å². The Morgan fingerprint density at radius 2 is 1.57 bits per heavy atom. The lowest BCUT2D eigenvalue weighted by molar-refractivity contribution is -0.137. The SMILES string of the molecule is O=C([C@H]1CCCCN1S(=O)(=O)c1ccccc1)N1CCCCC1. The number of piperidine rings is 2. The number of sulfonamides is 1. The topological polar surface area (TPSA) is 57.7 Å². The van der Waals surface area contributed by atoms with Crippen LogP contribution in [0, 0.1) is 0 Å². The molecule has 1 aromatic rings. The lowest BCUT2D eigenvalue weighted by Crippen LogP contribution is -2.53. The molecule has 3 rings (SSSR count). The summed E-state index contributed by atoms with van der Waals surface area (Å²) in [6.45, 7) is 1.95. The molecular weight excluding hydrogens is 312 g/mol. The highest BCUT2D eigenvalue weighted by molar-refractivity contribution is 7.89. The molecule has 5 nitrogen and oxygen atoms in total. The van der Waals surface area contributed by atoms with Crippen molar-refractivity contribution in [1.29, 1.82) is 0 Å². The van der Waals surface area contributed by atoms with Crippen molar-refractivity contribution in [1.82, 2.24) is 9.21 Å². The average Bonchev–Trinajstić information content (AvgIpc) is 2.62. The molecule has 0 N–H and O–H groups in total. The van der Waals surface area contributed by atoms with Crippen molar-refractivity contribution < 1.29 is 13.2 Å². The Morgan fingerprint density at radius 3 is 2.26 bits per heavy atom. The highest BCUT2D eigenvalue weighted by atomic mass is 32.2. The average molecular weight is 336 g/mol. The van der Waals surface area contributed by atoms with Crippen LogP contribution in [0.5, 0.6) is 0 Å². The third kappa shape index (κ3) is 3.43. The van der Waals surface area contributed by atoms with E-state index < -0.39 is 16.1 Å². The van der Waals surface area contributed by atoms with Crippen molar-refractivity contribution in [3.8, 4) is 0 Å². The Balaban J connectivity index is 1.85. The first kappa shape index (κ1) is 16.5. The second-order valence-corrected chi connectivity index (χ2v) is 8.22. The minimum absolute atomic E-state index is 0.0103. The van der Waals surface area contributed by atoms with Gasteiger partial charge in [0, 0.05) is 19.6 Å². The van der Waals surface area contributed by atoms with Crippen LogP contribution in [-0.4, -0.2) is 49.2 Å². The van der Waals surface area contributed by atoms with Crippen LogP contribution in [-0.2, 0) is 14.8 Å². The first-order valence-corrected chi connectivity index (χ1v) is 9.90. The van der Waals surface area contributed by atoms with E-state index in [1.54, 1.807) is 30.3 Å². The molecule has 2 saturated heterocycles. The first-order chi connectivity index (χ1) is 11.1. The molecule has 0 spiro atoms. The van der Waals surface area contributed by atoms with Gasteiger partial charge in [0.25, 0.3) is 0 Å². The number of hydrogen-bond acceptors (Lipinski definition) is 3. The molecule has 23 heavy (non-hydrogen) atoms. The van der Waals surface area contributed by atoms with Crippen LogP contribution in [0.3, 0.4) is 0 Å². The molecule has 2 aliphatic heterocycles. The third-order valence-corrected chi connectivity index (χ3v) is 6.68. The fourth-order valence-electron chi connectivity index (χ4n) is 3.49. The zero-order valence-electron chi connectivity index (χ0n) is 13.4. The summed E-state index contributed by atoms with van der Waals surface area (Å²) in [6, 6.07) is 7.91. The summed E-state index contributed by atoms with van der Waals surface area (Å²) in [5.41, 5.74) is 0. The third-order valence-electron chi connectivity index (χ3n) is 4.76. The van der Waals surface area contributed by atoms with Gasteiger partial charge in [-0.3, -0.25) is 4.79 Å². The van der Waals surface area contributed by atoms with Crippen molar-refractivity contribution >= 4 is 15.9 Å². The highest BCUT2D eigenvalue weighted by Gasteiger charge is 2.39. The quantitative estimate of drug-likeness (QED) is 0.850. The normalized spacial score (nSPS) is 23.7. The molecule has 0 bridgehead atoms. The number of hydrogen-bond donors (Lipinski definition) is 0. The zero-order chi connectivity index (χ0) is 16.3. The molecular formula is C17H24N2O3S. The van der Waals surface area contributed by atoms with E-state index >= 15 is 0 Å². The van der Waals surface area contributed by atoms with Crippen LogP contribution >= 0.6 is 0 Å². The zero-order valence-corrected chi connectivity index (χ0v) is 14.2. The van der Waals surface area contributed by atoms with Crippen LogP contribution in [0.4, 0.5) is 0 Å². The molecule has 0 aromatic heterocycles. The Labute approximate surface area is 138 Å². The number of carbonyl (C=O) groups is 1. The predicted molar refractivity (Wildman–Crippen MR) is 88.4 cm³/mol. The van der Waals surface area contributed by atoms with Crippen molar-refractivity contribution in [3.63, 3.8) is 0 Å². The summed E-state index contributed by atoms with van der Waals surface area (Å²) in [5, 5.41) is 0. The molecule has 0 aliphatic carbocycles. The van der Waals surface area contributed by atoms with Gasteiger partial charge in [-0.1, -0.05) is 24.6 Å². The van der Waals surface area contributed by atoms with E-state index in [0.29, 0.717) is 13.0 Å². The second-order valence-electron chi connectivity index (χ2n) is 6.33. The van der Waals surface area contributed by atoms with E-state index in [9.17, 15) is 13.2 Å². The van der Waals surface area contributed by atoms with E-state index in [4.69, 9.17) is 0 Å². The maximum absolute atomic E-state index is 12.9. The van der Waals surface area contributed by atoms with E-state index in [1.807, 2.05) is 4.90 Å². The molecule has 6 heteroatoms. The van der Waals surface area contributed by atoms with Gasteiger partial charge in [0.15, 0.2) is 0 Å². The molecule has 2 heterocycles. The Hall–Kier alpha value is -1.40. The molecule has 0 saturated carbocycles. The molecule has 0 radical (unpaired) electrons. The van der Waals surface area contributed by atoms with Gasteiger partial charge in [0.2, 0.25) is 15.9 Å². The minimum Gasteiger partial charge on any atom is -0.341 e. The fourth-order valence-corrected chi connectivity index (χ4v) is 5.16. The summed E-state index contributed by atoms with van der Waals surface area (Å²) in [7, 11) is -3.61. The van der Waals surface area contributed by atoms with E-state index in [2.05, 4.69) is 0 Å². The van der Waals surface area contributed by atoms with Gasteiger partial charge in [-0.2, -0.15) is 4.31 Å². The van der Waals surface area contributed by atoms with E-state index in [0.717, 1.165) is 45.2 Å². The van der Waals surface area contributed by atoms with Gasteiger partial charge < -0.3 is 4.90 Å². The Bertz CT molecular complexity index is 639. The van der Waals surface area contributed by atoms with Crippen molar-refractivity contribution in [2.45, 2.75) is 49.5 Å². The number of benzene rings is 1. The van der Waals surface area contributed by atoms with Gasteiger partial charge in [0.1, 0.15) is 6.04 Å². The molecule has 1 aromatic carbocycles. The van der Waals surface area contributed by atoms with Gasteiger partial charge in [-0.25, -0.2) is 8.42 Å². The van der Waals surface area contributed by atoms with Crippen LogP contribution < -0.4 is 0 Å². The maximum Gasteiger partial charge on any atom is 0.243 e. The largest absolute Gasteiger partial charge is 0.341 e. The number of nitrogens with zero attached hydrogens (tertiary/aromatic N) is 2. The molecule has 1 atom stereocenters. The van der Waals surface area contributed by atoms with Crippen molar-refractivity contribution in [2.24, 2.45) is 0 Å². The predicted octanol–water partition coefficient (Wildman–Crippen LogP) is 2.24. The summed E-state index contributed by atoms with van der Waals surface area (Å²) in [4.78, 5) is 15.0. The second kappa shape index (κ2) is 7.01. The van der Waals surface area contributed by atoms with Crippen molar-refractivity contribution in [3.05, 3.63) is 30.3 Å². The maximum atomic E-state index is 12.9. The molecule has 2 fully saturated rings. The molecule has 0 unspecified atom stereocenters. The van der Waals surface area contributed by atoms with Gasteiger partial charge >= 0.3 is 0 Å². The van der Waals surface area contributed by atoms with Gasteiger partial charge in [0.05, 0.1) is 4.90 Å². The minimum atomic E-state index is -3.61. The van der Waals surface area contributed by atoms with Crippen LogP contribution in [0.2, 0.25) is 0 Å². The summed E-state index contributed by atoms with van der Waals surface area (Å²) >= 11 is 0.